The topological polar surface area (TPSA) is 124 Å². The Morgan fingerprint density at radius 3 is 2.03 bits per heavy atom. The van der Waals surface area contributed by atoms with E-state index in [1.165, 1.54) is 33.5 Å². The van der Waals surface area contributed by atoms with Crippen molar-refractivity contribution in [2.75, 3.05) is 34.5 Å². The zero-order valence-electron chi connectivity index (χ0n) is 16.8. The summed E-state index contributed by atoms with van der Waals surface area (Å²) in [6, 6.07) is 11.7. The van der Waals surface area contributed by atoms with Gasteiger partial charge in [-0.05, 0) is 24.3 Å². The summed E-state index contributed by atoms with van der Waals surface area (Å²) in [6.07, 6.45) is 0. The molecule has 0 saturated carbocycles. The number of amides is 3. The third-order valence-corrected chi connectivity index (χ3v) is 3.80. The van der Waals surface area contributed by atoms with Gasteiger partial charge in [0.05, 0.1) is 27.9 Å². The van der Waals surface area contributed by atoms with Crippen molar-refractivity contribution in [3.05, 3.63) is 48.0 Å². The molecule has 0 atom stereocenters. The zero-order chi connectivity index (χ0) is 21.9. The maximum Gasteiger partial charge on any atom is 0.269 e. The summed E-state index contributed by atoms with van der Waals surface area (Å²) < 4.78 is 20.8. The molecular formula is C20H23N3O7. The summed E-state index contributed by atoms with van der Waals surface area (Å²) in [7, 11) is 4.29. The predicted molar refractivity (Wildman–Crippen MR) is 107 cm³/mol. The molecule has 2 rings (SSSR count). The van der Waals surface area contributed by atoms with Crippen molar-refractivity contribution in [3.8, 4) is 23.0 Å². The highest BCUT2D eigenvalue weighted by Crippen LogP contribution is 2.38. The zero-order valence-corrected chi connectivity index (χ0v) is 16.8. The lowest BCUT2D eigenvalue weighted by Crippen LogP contribution is -2.46. The Kier molecular flexibility index (Phi) is 8.30. The molecule has 0 unspecified atom stereocenters. The van der Waals surface area contributed by atoms with Gasteiger partial charge in [-0.25, -0.2) is 0 Å². The SMILES string of the molecule is COc1cc(C(=O)NNC(=O)CNC(=O)COc2ccccc2)cc(OC)c1OC. The van der Waals surface area contributed by atoms with E-state index in [1.54, 1.807) is 24.3 Å². The number of para-hydroxylation sites is 1. The minimum Gasteiger partial charge on any atom is -0.493 e. The van der Waals surface area contributed by atoms with Gasteiger partial charge in [0.25, 0.3) is 17.7 Å². The Balaban J connectivity index is 1.81. The van der Waals surface area contributed by atoms with Crippen LogP contribution < -0.4 is 35.1 Å². The van der Waals surface area contributed by atoms with Crippen LogP contribution in [-0.4, -0.2) is 52.2 Å². The summed E-state index contributed by atoms with van der Waals surface area (Å²) in [4.78, 5) is 35.9. The smallest absolute Gasteiger partial charge is 0.269 e. The van der Waals surface area contributed by atoms with Crippen LogP contribution in [-0.2, 0) is 9.59 Å². The van der Waals surface area contributed by atoms with Crippen LogP contribution in [0.2, 0.25) is 0 Å². The van der Waals surface area contributed by atoms with Gasteiger partial charge in [0.2, 0.25) is 5.75 Å². The van der Waals surface area contributed by atoms with Crippen molar-refractivity contribution in [1.29, 1.82) is 0 Å². The number of rotatable bonds is 9. The van der Waals surface area contributed by atoms with Gasteiger partial charge >= 0.3 is 0 Å². The average molecular weight is 417 g/mol. The largest absolute Gasteiger partial charge is 0.493 e. The van der Waals surface area contributed by atoms with Gasteiger partial charge < -0.3 is 24.3 Å². The fourth-order valence-corrected chi connectivity index (χ4v) is 2.35. The summed E-state index contributed by atoms with van der Waals surface area (Å²) in [6.45, 7) is -0.582. The lowest BCUT2D eigenvalue weighted by Gasteiger charge is -2.14. The Hall–Kier alpha value is -3.95. The molecule has 0 spiro atoms. The molecule has 0 heterocycles. The van der Waals surface area contributed by atoms with Crippen molar-refractivity contribution in [1.82, 2.24) is 16.2 Å². The van der Waals surface area contributed by atoms with Crippen LogP contribution in [0.4, 0.5) is 0 Å². The Labute approximate surface area is 173 Å². The first kappa shape index (κ1) is 22.3. The second-order valence-corrected chi connectivity index (χ2v) is 5.79. The second kappa shape index (κ2) is 11.1. The van der Waals surface area contributed by atoms with Crippen molar-refractivity contribution in [3.63, 3.8) is 0 Å². The molecule has 0 saturated heterocycles. The third kappa shape index (κ3) is 6.30. The molecule has 0 aliphatic heterocycles. The molecule has 160 valence electrons. The van der Waals surface area contributed by atoms with Crippen LogP contribution in [0.3, 0.4) is 0 Å². The molecule has 30 heavy (non-hydrogen) atoms. The van der Waals surface area contributed by atoms with Crippen LogP contribution in [0.1, 0.15) is 10.4 Å². The molecule has 10 heteroatoms. The van der Waals surface area contributed by atoms with Crippen LogP contribution in [0.25, 0.3) is 0 Å². The first-order valence-electron chi connectivity index (χ1n) is 8.82. The summed E-state index contributed by atoms with van der Waals surface area (Å²) in [5.74, 6) is -0.260. The lowest BCUT2D eigenvalue weighted by molar-refractivity contribution is -0.127. The van der Waals surface area contributed by atoms with Crippen LogP contribution >= 0.6 is 0 Å². The normalized spacial score (nSPS) is 9.83. The Morgan fingerprint density at radius 1 is 0.833 bits per heavy atom. The number of hydrogen-bond donors (Lipinski definition) is 3. The molecule has 0 fully saturated rings. The monoisotopic (exact) mass is 417 g/mol. The molecule has 0 bridgehead atoms. The molecule has 2 aromatic carbocycles. The quantitative estimate of drug-likeness (QED) is 0.512. The highest BCUT2D eigenvalue weighted by atomic mass is 16.5. The molecule has 0 aromatic heterocycles. The number of nitrogens with one attached hydrogen (secondary N) is 3. The predicted octanol–water partition coefficient (Wildman–Crippen LogP) is 0.669. The van der Waals surface area contributed by atoms with Gasteiger partial charge in [0.1, 0.15) is 5.75 Å². The molecule has 10 nitrogen and oxygen atoms in total. The molecule has 3 N–H and O–H groups in total. The molecule has 0 radical (unpaired) electrons. The number of benzene rings is 2. The van der Waals surface area contributed by atoms with E-state index in [4.69, 9.17) is 18.9 Å². The van der Waals surface area contributed by atoms with Gasteiger partial charge in [-0.2, -0.15) is 0 Å². The maximum atomic E-state index is 12.3. The first-order chi connectivity index (χ1) is 14.5. The highest BCUT2D eigenvalue weighted by Gasteiger charge is 2.17. The van der Waals surface area contributed by atoms with Crippen LogP contribution in [0, 0.1) is 0 Å². The number of hydrazine groups is 1. The minimum absolute atomic E-state index is 0.171. The minimum atomic E-state index is -0.621. The average Bonchev–Trinajstić information content (AvgIpc) is 2.79. The second-order valence-electron chi connectivity index (χ2n) is 5.79. The van der Waals surface area contributed by atoms with Gasteiger partial charge in [-0.15, -0.1) is 0 Å². The van der Waals surface area contributed by atoms with E-state index in [0.717, 1.165) is 0 Å². The molecular weight excluding hydrogens is 394 g/mol. The van der Waals surface area contributed by atoms with E-state index >= 15 is 0 Å². The first-order valence-corrected chi connectivity index (χ1v) is 8.82. The number of carbonyl (C=O) groups excluding carboxylic acids is 3. The summed E-state index contributed by atoms with van der Waals surface area (Å²) >= 11 is 0. The molecule has 0 aliphatic rings. The number of ether oxygens (including phenoxy) is 4. The van der Waals surface area contributed by atoms with Gasteiger partial charge in [-0.3, -0.25) is 25.2 Å². The number of hydrogen-bond acceptors (Lipinski definition) is 7. The maximum absolute atomic E-state index is 12.3. The van der Waals surface area contributed by atoms with Gasteiger partial charge in [0, 0.05) is 5.56 Å². The van der Waals surface area contributed by atoms with Crippen molar-refractivity contribution >= 4 is 17.7 Å². The molecule has 2 aromatic rings. The van der Waals surface area contributed by atoms with E-state index in [2.05, 4.69) is 16.2 Å². The fourth-order valence-electron chi connectivity index (χ4n) is 2.35. The van der Waals surface area contributed by atoms with E-state index in [1.807, 2.05) is 6.07 Å². The molecule has 0 aliphatic carbocycles. The van der Waals surface area contributed by atoms with Crippen LogP contribution in [0.5, 0.6) is 23.0 Å². The van der Waals surface area contributed by atoms with Gasteiger partial charge in [-0.1, -0.05) is 18.2 Å². The van der Waals surface area contributed by atoms with Gasteiger partial charge in [0.15, 0.2) is 18.1 Å². The summed E-state index contributed by atoms with van der Waals surface area (Å²) in [5, 5.41) is 2.38. The van der Waals surface area contributed by atoms with Crippen molar-refractivity contribution < 1.29 is 33.3 Å². The van der Waals surface area contributed by atoms with E-state index in [0.29, 0.717) is 23.0 Å². The fraction of sp³-hybridized carbons (Fsp3) is 0.250. The van der Waals surface area contributed by atoms with Crippen LogP contribution in [0.15, 0.2) is 42.5 Å². The third-order valence-electron chi connectivity index (χ3n) is 3.80. The Bertz CT molecular complexity index is 862. The summed E-state index contributed by atoms with van der Waals surface area (Å²) in [5.41, 5.74) is 4.63. The van der Waals surface area contributed by atoms with E-state index in [9.17, 15) is 14.4 Å². The molecule has 3 amide bonds. The standard InChI is InChI=1S/C20H23N3O7/c1-27-15-9-13(10-16(28-2)19(15)29-3)20(26)23-22-17(24)11-21-18(25)12-30-14-7-5-4-6-8-14/h4-10H,11-12H2,1-3H3,(H,21,25)(H,22,24)(H,23,26). The number of carbonyl (C=O) groups is 3. The van der Waals surface area contributed by atoms with E-state index in [-0.39, 0.29) is 18.7 Å². The van der Waals surface area contributed by atoms with E-state index < -0.39 is 17.7 Å². The van der Waals surface area contributed by atoms with Crippen molar-refractivity contribution in [2.45, 2.75) is 0 Å². The Morgan fingerprint density at radius 2 is 1.47 bits per heavy atom. The highest BCUT2D eigenvalue weighted by molar-refractivity contribution is 5.97. The van der Waals surface area contributed by atoms with Crippen molar-refractivity contribution in [2.24, 2.45) is 0 Å². The number of methoxy groups -OCH3 is 3. The lowest BCUT2D eigenvalue weighted by atomic mass is 10.1.